The highest BCUT2D eigenvalue weighted by molar-refractivity contribution is 8.00. The van der Waals surface area contributed by atoms with E-state index in [0.717, 1.165) is 13.2 Å². The molecule has 2 atom stereocenters. The first-order chi connectivity index (χ1) is 6.31. The Hall–Kier alpha value is 0.230. The summed E-state index contributed by atoms with van der Waals surface area (Å²) in [7, 11) is 0. The van der Waals surface area contributed by atoms with Gasteiger partial charge in [0.1, 0.15) is 0 Å². The van der Waals surface area contributed by atoms with Gasteiger partial charge in [-0.05, 0) is 18.8 Å². The van der Waals surface area contributed by atoms with Gasteiger partial charge in [-0.1, -0.05) is 0 Å². The van der Waals surface area contributed by atoms with Crippen molar-refractivity contribution in [2.45, 2.75) is 29.4 Å². The first kappa shape index (κ1) is 9.77. The fourth-order valence-corrected chi connectivity index (χ4v) is 2.91. The van der Waals surface area contributed by atoms with Crippen LogP contribution < -0.4 is 5.73 Å². The largest absolute Gasteiger partial charge is 0.395 e. The second-order valence-electron chi connectivity index (χ2n) is 3.93. The number of hydrogen-bond acceptors (Lipinski definition) is 4. The van der Waals surface area contributed by atoms with Gasteiger partial charge in [-0.25, -0.2) is 0 Å². The number of aliphatic hydroxyl groups is 1. The van der Waals surface area contributed by atoms with Gasteiger partial charge in [0, 0.05) is 11.3 Å². The van der Waals surface area contributed by atoms with Crippen LogP contribution in [0.4, 0.5) is 0 Å². The van der Waals surface area contributed by atoms with Crippen LogP contribution in [0.25, 0.3) is 0 Å². The zero-order valence-corrected chi connectivity index (χ0v) is 8.50. The molecule has 3 N–H and O–H groups in total. The molecule has 1 heterocycles. The Morgan fingerprint density at radius 1 is 1.46 bits per heavy atom. The Kier molecular flexibility index (Phi) is 3.14. The Morgan fingerprint density at radius 3 is 2.54 bits per heavy atom. The zero-order chi connectivity index (χ0) is 9.26. The maximum Gasteiger partial charge on any atom is 0.0608 e. The van der Waals surface area contributed by atoms with Crippen molar-refractivity contribution in [2.75, 3.05) is 19.8 Å². The summed E-state index contributed by atoms with van der Waals surface area (Å²) in [6.45, 7) is 1.87. The molecular weight excluding hydrogens is 186 g/mol. The average molecular weight is 203 g/mol. The standard InChI is InChI=1S/C9H17NO2S/c10-9(6-1-2-6)8(3-11)13-7-4-12-5-7/h6-9,11H,1-5,10H2. The number of ether oxygens (including phenoxy) is 1. The smallest absolute Gasteiger partial charge is 0.0608 e. The van der Waals surface area contributed by atoms with Gasteiger partial charge in [0.25, 0.3) is 0 Å². The summed E-state index contributed by atoms with van der Waals surface area (Å²) in [6.07, 6.45) is 2.50. The SMILES string of the molecule is NC(C1CC1)C(CO)SC1COC1. The van der Waals surface area contributed by atoms with Gasteiger partial charge < -0.3 is 15.6 Å². The van der Waals surface area contributed by atoms with E-state index in [0.29, 0.717) is 11.2 Å². The molecule has 0 aromatic heterocycles. The molecule has 0 aromatic carbocycles. The van der Waals surface area contributed by atoms with E-state index in [1.807, 2.05) is 11.8 Å². The lowest BCUT2D eigenvalue weighted by Gasteiger charge is -2.31. The van der Waals surface area contributed by atoms with Gasteiger partial charge in [-0.3, -0.25) is 0 Å². The molecule has 1 aliphatic heterocycles. The second kappa shape index (κ2) is 4.17. The van der Waals surface area contributed by atoms with E-state index in [4.69, 9.17) is 10.5 Å². The summed E-state index contributed by atoms with van der Waals surface area (Å²) in [4.78, 5) is 0. The van der Waals surface area contributed by atoms with Crippen LogP contribution in [0.5, 0.6) is 0 Å². The molecule has 2 rings (SSSR count). The first-order valence-corrected chi connectivity index (χ1v) is 5.85. The van der Waals surface area contributed by atoms with E-state index in [-0.39, 0.29) is 17.9 Å². The molecule has 1 aliphatic carbocycles. The Morgan fingerprint density at radius 2 is 2.15 bits per heavy atom. The van der Waals surface area contributed by atoms with Gasteiger partial charge in [-0.15, -0.1) is 11.8 Å². The van der Waals surface area contributed by atoms with Crippen molar-refractivity contribution in [1.29, 1.82) is 0 Å². The van der Waals surface area contributed by atoms with E-state index in [9.17, 15) is 5.11 Å². The van der Waals surface area contributed by atoms with Crippen LogP contribution in [0.1, 0.15) is 12.8 Å². The van der Waals surface area contributed by atoms with E-state index >= 15 is 0 Å². The lowest BCUT2D eigenvalue weighted by Crippen LogP contribution is -2.41. The molecule has 0 spiro atoms. The van der Waals surface area contributed by atoms with Crippen molar-refractivity contribution in [1.82, 2.24) is 0 Å². The van der Waals surface area contributed by atoms with Crippen LogP contribution in [0.2, 0.25) is 0 Å². The summed E-state index contributed by atoms with van der Waals surface area (Å²) in [5.74, 6) is 0.672. The molecule has 1 saturated carbocycles. The molecule has 76 valence electrons. The predicted octanol–water partition coefficient (Wildman–Crippen LogP) is 0.217. The minimum Gasteiger partial charge on any atom is -0.395 e. The first-order valence-electron chi connectivity index (χ1n) is 4.91. The maximum absolute atomic E-state index is 9.20. The van der Waals surface area contributed by atoms with Gasteiger partial charge in [0.2, 0.25) is 0 Å². The third-order valence-corrected chi connectivity index (χ3v) is 4.22. The summed E-state index contributed by atoms with van der Waals surface area (Å²) in [6, 6.07) is 0.190. The maximum atomic E-state index is 9.20. The van der Waals surface area contributed by atoms with E-state index in [1.54, 1.807) is 0 Å². The minimum absolute atomic E-state index is 0.190. The normalized spacial score (nSPS) is 28.2. The molecule has 2 aliphatic rings. The highest BCUT2D eigenvalue weighted by Crippen LogP contribution is 2.37. The van der Waals surface area contributed by atoms with Gasteiger partial charge in [-0.2, -0.15) is 0 Å². The summed E-state index contributed by atoms with van der Waals surface area (Å²) < 4.78 is 5.09. The quantitative estimate of drug-likeness (QED) is 0.671. The molecule has 0 radical (unpaired) electrons. The van der Waals surface area contributed by atoms with Crippen molar-refractivity contribution in [3.05, 3.63) is 0 Å². The van der Waals surface area contributed by atoms with Gasteiger partial charge in [0.15, 0.2) is 0 Å². The fourth-order valence-electron chi connectivity index (χ4n) is 1.58. The molecule has 4 heteroatoms. The van der Waals surface area contributed by atoms with Crippen molar-refractivity contribution < 1.29 is 9.84 Å². The van der Waals surface area contributed by atoms with Crippen LogP contribution in [0.15, 0.2) is 0 Å². The molecular formula is C9H17NO2S. The highest BCUT2D eigenvalue weighted by atomic mass is 32.2. The van der Waals surface area contributed by atoms with Crippen molar-refractivity contribution in [3.8, 4) is 0 Å². The Balaban J connectivity index is 1.76. The number of hydrogen-bond donors (Lipinski definition) is 2. The summed E-state index contributed by atoms with van der Waals surface area (Å²) in [5.41, 5.74) is 6.04. The van der Waals surface area contributed by atoms with Crippen molar-refractivity contribution >= 4 is 11.8 Å². The molecule has 1 saturated heterocycles. The Bertz CT molecular complexity index is 171. The van der Waals surface area contributed by atoms with Crippen LogP contribution in [-0.4, -0.2) is 41.5 Å². The van der Waals surface area contributed by atoms with E-state index < -0.39 is 0 Å². The third kappa shape index (κ3) is 2.37. The number of rotatable bonds is 5. The van der Waals surface area contributed by atoms with E-state index in [2.05, 4.69) is 0 Å². The molecule has 0 amide bonds. The van der Waals surface area contributed by atoms with Crippen molar-refractivity contribution in [3.63, 3.8) is 0 Å². The predicted molar refractivity (Wildman–Crippen MR) is 53.8 cm³/mol. The highest BCUT2D eigenvalue weighted by Gasteiger charge is 2.36. The fraction of sp³-hybridized carbons (Fsp3) is 1.00. The third-order valence-electron chi connectivity index (χ3n) is 2.75. The Labute approximate surface area is 83.0 Å². The topological polar surface area (TPSA) is 55.5 Å². The van der Waals surface area contributed by atoms with Crippen LogP contribution in [0, 0.1) is 5.92 Å². The summed E-state index contributed by atoms with van der Waals surface area (Å²) in [5, 5.41) is 9.99. The molecule has 2 unspecified atom stereocenters. The molecule has 2 fully saturated rings. The number of aliphatic hydroxyl groups excluding tert-OH is 1. The average Bonchev–Trinajstić information content (AvgIpc) is 2.84. The molecule has 3 nitrogen and oxygen atoms in total. The molecule has 0 aromatic rings. The minimum atomic E-state index is 0.190. The summed E-state index contributed by atoms with van der Waals surface area (Å²) >= 11 is 1.81. The van der Waals surface area contributed by atoms with Crippen LogP contribution in [0.3, 0.4) is 0 Å². The monoisotopic (exact) mass is 203 g/mol. The van der Waals surface area contributed by atoms with Gasteiger partial charge >= 0.3 is 0 Å². The number of nitrogens with two attached hydrogens (primary N) is 1. The molecule has 13 heavy (non-hydrogen) atoms. The van der Waals surface area contributed by atoms with E-state index in [1.165, 1.54) is 12.8 Å². The van der Waals surface area contributed by atoms with Crippen molar-refractivity contribution in [2.24, 2.45) is 11.7 Å². The lowest BCUT2D eigenvalue weighted by atomic mass is 10.1. The zero-order valence-electron chi connectivity index (χ0n) is 7.69. The number of thioether (sulfide) groups is 1. The lowest BCUT2D eigenvalue weighted by molar-refractivity contribution is 0.0450. The second-order valence-corrected chi connectivity index (χ2v) is 5.48. The van der Waals surface area contributed by atoms with Crippen LogP contribution >= 0.6 is 11.8 Å². The van der Waals surface area contributed by atoms with Crippen LogP contribution in [-0.2, 0) is 4.74 Å². The van der Waals surface area contributed by atoms with Gasteiger partial charge in [0.05, 0.1) is 25.1 Å². The molecule has 0 bridgehead atoms.